The average Bonchev–Trinajstić information content (AvgIpc) is 2.66. The quantitative estimate of drug-likeness (QED) is 0.571. The molecule has 3 rings (SSSR count). The number of ketones is 1. The molecule has 0 amide bonds. The number of carbonyl (C=O) groups excluding carboxylic acids is 1. The first-order valence-corrected chi connectivity index (χ1v) is 9.92. The molecule has 1 aliphatic rings. The summed E-state index contributed by atoms with van der Waals surface area (Å²) in [4.78, 5) is 15.8. The fraction of sp³-hybridized carbons (Fsp3) is 0.300. The van der Waals surface area contributed by atoms with Crippen molar-refractivity contribution in [3.63, 3.8) is 0 Å². The van der Waals surface area contributed by atoms with Gasteiger partial charge < -0.3 is 10.2 Å². The van der Waals surface area contributed by atoms with E-state index in [0.29, 0.717) is 20.7 Å². The molecule has 27 heavy (non-hydrogen) atoms. The van der Waals surface area contributed by atoms with Crippen LogP contribution in [0.3, 0.4) is 0 Å². The van der Waals surface area contributed by atoms with E-state index in [-0.39, 0.29) is 5.78 Å². The summed E-state index contributed by atoms with van der Waals surface area (Å²) in [6.07, 6.45) is 0. The van der Waals surface area contributed by atoms with E-state index in [4.69, 9.17) is 35.4 Å². The highest BCUT2D eigenvalue weighted by Gasteiger charge is 2.20. The van der Waals surface area contributed by atoms with E-state index in [9.17, 15) is 4.79 Å². The van der Waals surface area contributed by atoms with Crippen LogP contribution in [0.25, 0.3) is 0 Å². The largest absolute Gasteiger partial charge is 0.346 e. The Morgan fingerprint density at radius 1 is 1.04 bits per heavy atom. The van der Waals surface area contributed by atoms with Gasteiger partial charge in [0, 0.05) is 59.6 Å². The van der Waals surface area contributed by atoms with Crippen molar-refractivity contribution in [3.05, 3.63) is 63.6 Å². The van der Waals surface area contributed by atoms with E-state index in [1.165, 1.54) is 0 Å². The molecule has 0 saturated carbocycles. The van der Waals surface area contributed by atoms with Crippen molar-refractivity contribution in [2.24, 2.45) is 0 Å². The molecule has 0 radical (unpaired) electrons. The Labute approximate surface area is 175 Å². The molecular formula is C20H21Cl2N3OS. The normalized spacial score (nSPS) is 14.9. The lowest BCUT2D eigenvalue weighted by Gasteiger charge is -2.36. The van der Waals surface area contributed by atoms with Gasteiger partial charge in [-0.15, -0.1) is 0 Å². The van der Waals surface area contributed by atoms with Gasteiger partial charge in [-0.3, -0.25) is 9.69 Å². The lowest BCUT2D eigenvalue weighted by atomic mass is 10.1. The Morgan fingerprint density at radius 3 is 2.19 bits per heavy atom. The average molecular weight is 422 g/mol. The Hall–Kier alpha value is -1.66. The number of Topliss-reactive ketones (excluding diaryl/α,β-unsaturated/α-hetero) is 1. The third-order valence-corrected chi connectivity index (χ3v) is 5.71. The zero-order valence-corrected chi connectivity index (χ0v) is 17.4. The molecule has 0 atom stereocenters. The molecule has 0 aliphatic carbocycles. The standard InChI is InChI=1S/C20H21Cl2N3OS/c1-14(26)15-5-7-16(8-6-15)23-20(27)25-11-9-24(10-12-25)13-17-18(21)3-2-4-19(17)22/h2-8H,9-13H2,1H3,(H,23,27). The highest BCUT2D eigenvalue weighted by atomic mass is 35.5. The third kappa shape index (κ3) is 5.20. The van der Waals surface area contributed by atoms with Gasteiger partial charge in [-0.05, 0) is 55.5 Å². The van der Waals surface area contributed by atoms with Crippen molar-refractivity contribution >= 4 is 52.0 Å². The van der Waals surface area contributed by atoms with Gasteiger partial charge in [-0.2, -0.15) is 0 Å². The predicted molar refractivity (Wildman–Crippen MR) is 116 cm³/mol. The topological polar surface area (TPSA) is 35.6 Å². The minimum absolute atomic E-state index is 0.0545. The first-order valence-electron chi connectivity index (χ1n) is 8.76. The fourth-order valence-electron chi connectivity index (χ4n) is 3.01. The van der Waals surface area contributed by atoms with Crippen molar-refractivity contribution in [1.82, 2.24) is 9.80 Å². The van der Waals surface area contributed by atoms with Gasteiger partial charge in [0.1, 0.15) is 0 Å². The Balaban J connectivity index is 1.52. The zero-order valence-electron chi connectivity index (χ0n) is 15.0. The summed E-state index contributed by atoms with van der Waals surface area (Å²) in [7, 11) is 0. The molecule has 0 unspecified atom stereocenters. The van der Waals surface area contributed by atoms with E-state index in [1.54, 1.807) is 19.1 Å². The first-order chi connectivity index (χ1) is 12.9. The van der Waals surface area contributed by atoms with Crippen LogP contribution in [0.15, 0.2) is 42.5 Å². The minimum Gasteiger partial charge on any atom is -0.346 e. The molecule has 1 fully saturated rings. The zero-order chi connectivity index (χ0) is 19.4. The third-order valence-electron chi connectivity index (χ3n) is 4.65. The number of nitrogens with zero attached hydrogens (tertiary/aromatic N) is 2. The number of halogens is 2. The van der Waals surface area contributed by atoms with Crippen LogP contribution < -0.4 is 5.32 Å². The summed E-state index contributed by atoms with van der Waals surface area (Å²) < 4.78 is 0. The molecule has 142 valence electrons. The Kier molecular flexibility index (Phi) is 6.71. The lowest BCUT2D eigenvalue weighted by molar-refractivity contribution is 0.101. The van der Waals surface area contributed by atoms with Gasteiger partial charge in [-0.25, -0.2) is 0 Å². The van der Waals surface area contributed by atoms with Crippen molar-refractivity contribution in [2.75, 3.05) is 31.5 Å². The number of hydrogen-bond acceptors (Lipinski definition) is 3. The molecule has 2 aromatic rings. The molecule has 1 aliphatic heterocycles. The summed E-state index contributed by atoms with van der Waals surface area (Å²) in [5.74, 6) is 0.0545. The van der Waals surface area contributed by atoms with Gasteiger partial charge >= 0.3 is 0 Å². The minimum atomic E-state index is 0.0545. The number of anilines is 1. The molecule has 0 spiro atoms. The molecule has 4 nitrogen and oxygen atoms in total. The smallest absolute Gasteiger partial charge is 0.173 e. The molecule has 2 aromatic carbocycles. The molecule has 1 heterocycles. The number of hydrogen-bond donors (Lipinski definition) is 1. The number of nitrogens with one attached hydrogen (secondary N) is 1. The SMILES string of the molecule is CC(=O)c1ccc(NC(=S)N2CCN(Cc3c(Cl)cccc3Cl)CC2)cc1. The summed E-state index contributed by atoms with van der Waals surface area (Å²) in [5, 5.41) is 5.35. The second-order valence-corrected chi connectivity index (χ2v) is 7.73. The van der Waals surface area contributed by atoms with E-state index in [2.05, 4.69) is 15.1 Å². The molecule has 7 heteroatoms. The van der Waals surface area contributed by atoms with E-state index in [0.717, 1.165) is 44.0 Å². The molecule has 1 saturated heterocycles. The van der Waals surface area contributed by atoms with Gasteiger partial charge in [0.2, 0.25) is 0 Å². The second kappa shape index (κ2) is 9.02. The van der Waals surface area contributed by atoms with Crippen LogP contribution in [0.4, 0.5) is 5.69 Å². The number of carbonyl (C=O) groups is 1. The maximum absolute atomic E-state index is 11.4. The van der Waals surface area contributed by atoms with Gasteiger partial charge in [-0.1, -0.05) is 29.3 Å². The highest BCUT2D eigenvalue weighted by Crippen LogP contribution is 2.26. The summed E-state index contributed by atoms with van der Waals surface area (Å²) in [6.45, 7) is 5.72. The number of piperazine rings is 1. The first kappa shape index (κ1) is 20.1. The van der Waals surface area contributed by atoms with Crippen LogP contribution in [0, 0.1) is 0 Å². The maximum atomic E-state index is 11.4. The molecule has 0 aromatic heterocycles. The van der Waals surface area contributed by atoms with Gasteiger partial charge in [0.05, 0.1) is 0 Å². The van der Waals surface area contributed by atoms with Crippen LogP contribution in [-0.2, 0) is 6.54 Å². The number of thiocarbonyl (C=S) groups is 1. The second-order valence-electron chi connectivity index (χ2n) is 6.53. The van der Waals surface area contributed by atoms with Gasteiger partial charge in [0.15, 0.2) is 10.9 Å². The fourth-order valence-corrected chi connectivity index (χ4v) is 3.82. The lowest BCUT2D eigenvalue weighted by Crippen LogP contribution is -2.49. The van der Waals surface area contributed by atoms with E-state index in [1.807, 2.05) is 30.3 Å². The summed E-state index contributed by atoms with van der Waals surface area (Å²) >= 11 is 18.1. The van der Waals surface area contributed by atoms with Crippen molar-refractivity contribution in [1.29, 1.82) is 0 Å². The van der Waals surface area contributed by atoms with Crippen LogP contribution >= 0.6 is 35.4 Å². The Morgan fingerprint density at radius 2 is 1.63 bits per heavy atom. The van der Waals surface area contributed by atoms with Gasteiger partial charge in [0.25, 0.3) is 0 Å². The van der Waals surface area contributed by atoms with E-state index >= 15 is 0 Å². The summed E-state index contributed by atoms with van der Waals surface area (Å²) in [6, 6.07) is 13.0. The van der Waals surface area contributed by atoms with Crippen LogP contribution in [0.1, 0.15) is 22.8 Å². The monoisotopic (exact) mass is 421 g/mol. The predicted octanol–water partition coefficient (Wildman–Crippen LogP) is 4.71. The molecule has 0 bridgehead atoms. The number of benzene rings is 2. The van der Waals surface area contributed by atoms with Crippen molar-refractivity contribution in [2.45, 2.75) is 13.5 Å². The van der Waals surface area contributed by atoms with Crippen LogP contribution in [0.2, 0.25) is 10.0 Å². The van der Waals surface area contributed by atoms with Crippen molar-refractivity contribution in [3.8, 4) is 0 Å². The van der Waals surface area contributed by atoms with Crippen LogP contribution in [-0.4, -0.2) is 46.9 Å². The maximum Gasteiger partial charge on any atom is 0.173 e. The van der Waals surface area contributed by atoms with Crippen LogP contribution in [0.5, 0.6) is 0 Å². The molecule has 1 N–H and O–H groups in total. The highest BCUT2D eigenvalue weighted by molar-refractivity contribution is 7.80. The molecular weight excluding hydrogens is 401 g/mol. The Bertz CT molecular complexity index is 813. The van der Waals surface area contributed by atoms with E-state index < -0.39 is 0 Å². The van der Waals surface area contributed by atoms with Crippen molar-refractivity contribution < 1.29 is 4.79 Å². The number of rotatable bonds is 4. The summed E-state index contributed by atoms with van der Waals surface area (Å²) in [5.41, 5.74) is 2.55.